The van der Waals surface area contributed by atoms with Crippen molar-refractivity contribution in [3.8, 4) is 0 Å². The minimum Gasteiger partial charge on any atom is -0.461 e. The number of nitrogens with one attached hydrogen (secondary N) is 1. The fourth-order valence-electron chi connectivity index (χ4n) is 2.17. The summed E-state index contributed by atoms with van der Waals surface area (Å²) in [6, 6.07) is 8.85. The number of H-pyrrole nitrogens is 1. The van der Waals surface area contributed by atoms with Crippen LogP contribution in [0.3, 0.4) is 0 Å². The van der Waals surface area contributed by atoms with E-state index in [1.807, 2.05) is 0 Å². The van der Waals surface area contributed by atoms with Crippen LogP contribution in [0.5, 0.6) is 0 Å². The Kier molecular flexibility index (Phi) is 17.2. The summed E-state index contributed by atoms with van der Waals surface area (Å²) < 4.78 is 20.4. The molecule has 0 bridgehead atoms. The third-order valence-electron chi connectivity index (χ3n) is 3.60. The number of pyridine rings is 2. The minimum atomic E-state index is -0.504. The predicted molar refractivity (Wildman–Crippen MR) is 127 cm³/mol. The van der Waals surface area contributed by atoms with Crippen LogP contribution < -0.4 is 11.1 Å². The van der Waals surface area contributed by atoms with Gasteiger partial charge < -0.3 is 28.5 Å². The SMILES string of the molecule is CCOC(=O)c1cccc(=O)[nH]1.CCOC(=O)c1cccc(=O)n1CCOC.COCCBr. The predicted octanol–water partition coefficient (Wildman–Crippen LogP) is 2.25. The average Bonchev–Trinajstić information content (AvgIpc) is 2.80. The second-order valence-corrected chi connectivity index (χ2v) is 6.74. The largest absolute Gasteiger partial charge is 0.461 e. The molecule has 0 spiro atoms. The summed E-state index contributed by atoms with van der Waals surface area (Å²) in [6.07, 6.45) is 0. The van der Waals surface area contributed by atoms with Crippen molar-refractivity contribution in [2.45, 2.75) is 20.4 Å². The van der Waals surface area contributed by atoms with Crippen LogP contribution in [-0.4, -0.2) is 67.5 Å². The highest BCUT2D eigenvalue weighted by molar-refractivity contribution is 9.09. The van der Waals surface area contributed by atoms with Gasteiger partial charge in [0, 0.05) is 38.2 Å². The zero-order valence-electron chi connectivity index (χ0n) is 19.3. The highest BCUT2D eigenvalue weighted by Gasteiger charge is 2.12. The topological polar surface area (TPSA) is 126 Å². The van der Waals surface area contributed by atoms with Gasteiger partial charge in [-0.2, -0.15) is 0 Å². The monoisotopic (exact) mass is 530 g/mol. The smallest absolute Gasteiger partial charge is 0.355 e. The lowest BCUT2D eigenvalue weighted by Crippen LogP contribution is -2.27. The van der Waals surface area contributed by atoms with E-state index in [1.54, 1.807) is 27.0 Å². The van der Waals surface area contributed by atoms with Crippen LogP contribution in [0.4, 0.5) is 0 Å². The molecule has 11 heteroatoms. The molecule has 10 nitrogen and oxygen atoms in total. The summed E-state index contributed by atoms with van der Waals surface area (Å²) in [5.74, 6) is -0.994. The molecule has 0 unspecified atom stereocenters. The standard InChI is InChI=1S/C11H15NO4.C8H9NO3.C3H7BrO/c1-3-16-11(14)9-5-4-6-10(13)12(9)7-8-15-2;1-2-12-8(11)6-4-3-5-7(10)9-6;1-5-3-2-4/h4-6H,3,7-8H2,1-2H3;3-5H,2H2,1H3,(H,9,10);2-3H2,1H3. The first kappa shape index (κ1) is 30.2. The number of ether oxygens (including phenoxy) is 4. The number of aromatic nitrogens is 2. The van der Waals surface area contributed by atoms with Crippen LogP contribution in [0.25, 0.3) is 0 Å². The normalized spacial score (nSPS) is 9.61. The molecule has 1 N–H and O–H groups in total. The summed E-state index contributed by atoms with van der Waals surface area (Å²) in [6.45, 7) is 5.53. The van der Waals surface area contributed by atoms with Crippen LogP contribution >= 0.6 is 15.9 Å². The molecule has 184 valence electrons. The Morgan fingerprint density at radius 2 is 1.52 bits per heavy atom. The molecule has 2 rings (SSSR count). The van der Waals surface area contributed by atoms with Gasteiger partial charge in [-0.1, -0.05) is 28.1 Å². The van der Waals surface area contributed by atoms with Gasteiger partial charge in [-0.05, 0) is 26.0 Å². The maximum Gasteiger partial charge on any atom is 0.355 e. The molecule has 2 aromatic heterocycles. The molecule has 0 aliphatic heterocycles. The van der Waals surface area contributed by atoms with Crippen molar-refractivity contribution >= 4 is 27.9 Å². The zero-order valence-corrected chi connectivity index (χ0v) is 20.9. The number of methoxy groups -OCH3 is 2. The van der Waals surface area contributed by atoms with Crippen molar-refractivity contribution < 1.29 is 28.5 Å². The van der Waals surface area contributed by atoms with Gasteiger partial charge in [-0.15, -0.1) is 0 Å². The summed E-state index contributed by atoms with van der Waals surface area (Å²) in [4.78, 5) is 47.2. The molecule has 33 heavy (non-hydrogen) atoms. The molecule has 0 aliphatic carbocycles. The van der Waals surface area contributed by atoms with E-state index in [0.29, 0.717) is 19.8 Å². The molecule has 0 saturated heterocycles. The quantitative estimate of drug-likeness (QED) is 0.386. The number of alkyl halides is 1. The molecular formula is C22H31BrN2O8. The highest BCUT2D eigenvalue weighted by Crippen LogP contribution is 2.00. The maximum atomic E-state index is 11.6. The summed E-state index contributed by atoms with van der Waals surface area (Å²) >= 11 is 3.18. The molecule has 0 aliphatic rings. The van der Waals surface area contributed by atoms with Gasteiger partial charge in [0.05, 0.1) is 26.4 Å². The van der Waals surface area contributed by atoms with Gasteiger partial charge in [0.1, 0.15) is 11.4 Å². The van der Waals surface area contributed by atoms with Crippen LogP contribution in [0.2, 0.25) is 0 Å². The number of nitrogens with zero attached hydrogens (tertiary/aromatic N) is 1. The van der Waals surface area contributed by atoms with E-state index in [4.69, 9.17) is 9.47 Å². The van der Waals surface area contributed by atoms with Crippen LogP contribution in [-0.2, 0) is 25.5 Å². The van der Waals surface area contributed by atoms with Crippen molar-refractivity contribution in [2.75, 3.05) is 46.0 Å². The molecule has 0 amide bonds. The van der Waals surface area contributed by atoms with Crippen molar-refractivity contribution in [1.29, 1.82) is 0 Å². The Balaban J connectivity index is 0.000000530. The molecule has 0 atom stereocenters. The van der Waals surface area contributed by atoms with E-state index >= 15 is 0 Å². The van der Waals surface area contributed by atoms with Gasteiger partial charge in [0.15, 0.2) is 0 Å². The summed E-state index contributed by atoms with van der Waals surface area (Å²) in [5.41, 5.74) is -0.0982. The average molecular weight is 531 g/mol. The Morgan fingerprint density at radius 3 is 2.03 bits per heavy atom. The molecule has 2 heterocycles. The Bertz CT molecular complexity index is 940. The highest BCUT2D eigenvalue weighted by atomic mass is 79.9. The lowest BCUT2D eigenvalue weighted by molar-refractivity contribution is 0.0503. The molecule has 0 fully saturated rings. The number of hydrogen-bond donors (Lipinski definition) is 1. The molecule has 0 aromatic carbocycles. The van der Waals surface area contributed by atoms with E-state index in [2.05, 4.69) is 30.4 Å². The van der Waals surface area contributed by atoms with Crippen molar-refractivity contribution in [1.82, 2.24) is 9.55 Å². The number of aromatic amines is 1. The number of halogens is 1. The van der Waals surface area contributed by atoms with E-state index in [9.17, 15) is 19.2 Å². The Labute approximate surface area is 200 Å². The second kappa shape index (κ2) is 18.8. The van der Waals surface area contributed by atoms with Gasteiger partial charge in [0.25, 0.3) is 5.56 Å². The van der Waals surface area contributed by atoms with E-state index in [1.165, 1.54) is 42.0 Å². The Hall–Kier alpha value is -2.76. The molecule has 0 saturated carbocycles. The first-order valence-electron chi connectivity index (χ1n) is 10.1. The first-order valence-corrected chi connectivity index (χ1v) is 11.3. The number of carbonyl (C=O) groups excluding carboxylic acids is 2. The van der Waals surface area contributed by atoms with Crippen LogP contribution in [0, 0.1) is 0 Å². The van der Waals surface area contributed by atoms with Crippen molar-refractivity contribution in [2.24, 2.45) is 0 Å². The summed E-state index contributed by atoms with van der Waals surface area (Å²) in [5, 5.41) is 0.934. The third-order valence-corrected chi connectivity index (χ3v) is 3.92. The molecule has 0 radical (unpaired) electrons. The van der Waals surface area contributed by atoms with Crippen molar-refractivity contribution in [3.63, 3.8) is 0 Å². The fraction of sp³-hybridized carbons (Fsp3) is 0.455. The number of rotatable bonds is 9. The van der Waals surface area contributed by atoms with Gasteiger partial charge in [-0.3, -0.25) is 9.59 Å². The minimum absolute atomic E-state index is 0.185. The van der Waals surface area contributed by atoms with E-state index < -0.39 is 11.9 Å². The van der Waals surface area contributed by atoms with Gasteiger partial charge in [-0.25, -0.2) is 9.59 Å². The molecule has 2 aromatic rings. The van der Waals surface area contributed by atoms with Gasteiger partial charge >= 0.3 is 11.9 Å². The number of hydrogen-bond acceptors (Lipinski definition) is 8. The van der Waals surface area contributed by atoms with E-state index in [0.717, 1.165) is 11.9 Å². The fourth-order valence-corrected chi connectivity index (χ4v) is 2.49. The van der Waals surface area contributed by atoms with Crippen LogP contribution in [0.1, 0.15) is 34.8 Å². The zero-order chi connectivity index (χ0) is 25.1. The summed E-state index contributed by atoms with van der Waals surface area (Å²) in [7, 11) is 3.22. The molecular weight excluding hydrogens is 500 g/mol. The number of carbonyl (C=O) groups is 2. The maximum absolute atomic E-state index is 11.6. The third kappa shape index (κ3) is 12.8. The lowest BCUT2D eigenvalue weighted by atomic mass is 10.3. The Morgan fingerprint density at radius 1 is 0.909 bits per heavy atom. The van der Waals surface area contributed by atoms with Crippen LogP contribution in [0.15, 0.2) is 46.0 Å². The second-order valence-electron chi connectivity index (χ2n) is 5.95. The van der Waals surface area contributed by atoms with Gasteiger partial charge in [0.2, 0.25) is 5.56 Å². The lowest BCUT2D eigenvalue weighted by Gasteiger charge is -2.10. The first-order chi connectivity index (χ1) is 15.9. The van der Waals surface area contributed by atoms with E-state index in [-0.39, 0.29) is 29.1 Å². The van der Waals surface area contributed by atoms with Crippen molar-refractivity contribution in [3.05, 3.63) is 68.5 Å². The number of esters is 2.